The number of anilines is 3. The number of fused-ring (bicyclic) bond motifs is 3. The summed E-state index contributed by atoms with van der Waals surface area (Å²) < 4.78 is 0. The Bertz CT molecular complexity index is 2600. The molecule has 0 aliphatic heterocycles. The average molecular weight is 627 g/mol. The van der Waals surface area contributed by atoms with Gasteiger partial charge in [0.2, 0.25) is 0 Å². The first-order valence-electron chi connectivity index (χ1n) is 16.4. The number of para-hydroxylation sites is 1. The van der Waals surface area contributed by atoms with E-state index in [0.717, 1.165) is 67.1 Å². The lowest BCUT2D eigenvalue weighted by Gasteiger charge is -2.26. The summed E-state index contributed by atoms with van der Waals surface area (Å²) in [4.78, 5) is 16.9. The average Bonchev–Trinajstić information content (AvgIpc) is 3.18. The lowest BCUT2D eigenvalue weighted by atomic mass is 10.0. The van der Waals surface area contributed by atoms with E-state index in [9.17, 15) is 0 Å². The highest BCUT2D eigenvalue weighted by atomic mass is 15.1. The van der Waals surface area contributed by atoms with Crippen molar-refractivity contribution < 1.29 is 0 Å². The van der Waals surface area contributed by atoms with Crippen molar-refractivity contribution in [1.29, 1.82) is 0 Å². The summed E-state index contributed by atoms with van der Waals surface area (Å²) in [7, 11) is 0. The van der Waals surface area contributed by atoms with Crippen LogP contribution in [0.3, 0.4) is 0 Å². The first-order chi connectivity index (χ1) is 24.3. The Hall–Kier alpha value is -6.65. The molecule has 0 atom stereocenters. The van der Waals surface area contributed by atoms with Gasteiger partial charge in [-0.05, 0) is 76.8 Å². The predicted octanol–water partition coefficient (Wildman–Crippen LogP) is 11.8. The fourth-order valence-electron chi connectivity index (χ4n) is 6.61. The lowest BCUT2D eigenvalue weighted by molar-refractivity contribution is 1.28. The molecule has 0 amide bonds. The third kappa shape index (κ3) is 5.45. The standard InChI is InChI=1S/C45H30N4/c1-3-10-32(11-4-1)45-44-37(14-9-25-46-44)29-43(48-45)31-19-22-40(23-20-31)49(39-15-5-2-6-16-39)41-24-21-34-26-36(18-17-35(34)27-41)42-28-33-12-7-8-13-38(33)30-47-42/h1-30H. The number of nitrogens with zero attached hydrogens (tertiary/aromatic N) is 4. The van der Waals surface area contributed by atoms with Crippen molar-refractivity contribution >= 4 is 49.5 Å². The van der Waals surface area contributed by atoms with Crippen LogP contribution in [0, 0.1) is 0 Å². The molecule has 0 aliphatic rings. The summed E-state index contributed by atoms with van der Waals surface area (Å²) in [5.74, 6) is 0. The highest BCUT2D eigenvalue weighted by molar-refractivity contribution is 5.95. The summed E-state index contributed by atoms with van der Waals surface area (Å²) in [6, 6.07) is 59.5. The van der Waals surface area contributed by atoms with E-state index in [1.807, 2.05) is 42.7 Å². The Morgan fingerprint density at radius 1 is 0.367 bits per heavy atom. The molecule has 3 aromatic heterocycles. The number of hydrogen-bond acceptors (Lipinski definition) is 4. The SMILES string of the molecule is c1ccc(-c2nc(-c3ccc(N(c4ccccc4)c4ccc5cc(-c6cc7ccccc7cn6)ccc5c4)cc3)cc3cccnc23)cc1. The van der Waals surface area contributed by atoms with Gasteiger partial charge in [-0.15, -0.1) is 0 Å². The van der Waals surface area contributed by atoms with Crippen LogP contribution in [0.2, 0.25) is 0 Å². The zero-order valence-electron chi connectivity index (χ0n) is 26.6. The van der Waals surface area contributed by atoms with Crippen LogP contribution in [0.25, 0.3) is 66.2 Å². The van der Waals surface area contributed by atoms with Crippen LogP contribution in [0.5, 0.6) is 0 Å². The quantitative estimate of drug-likeness (QED) is 0.184. The molecule has 4 heteroatoms. The van der Waals surface area contributed by atoms with Gasteiger partial charge < -0.3 is 4.90 Å². The minimum Gasteiger partial charge on any atom is -0.310 e. The Kier molecular flexibility index (Phi) is 7.10. The molecule has 0 fully saturated rings. The predicted molar refractivity (Wildman–Crippen MR) is 203 cm³/mol. The van der Waals surface area contributed by atoms with Crippen LogP contribution < -0.4 is 4.90 Å². The fraction of sp³-hybridized carbons (Fsp3) is 0. The van der Waals surface area contributed by atoms with Gasteiger partial charge in [0, 0.05) is 56.9 Å². The van der Waals surface area contributed by atoms with Crippen molar-refractivity contribution in [2.45, 2.75) is 0 Å². The molecule has 6 aromatic carbocycles. The minimum absolute atomic E-state index is 0.888. The Balaban J connectivity index is 1.09. The Morgan fingerprint density at radius 2 is 0.980 bits per heavy atom. The normalized spacial score (nSPS) is 11.3. The van der Waals surface area contributed by atoms with Gasteiger partial charge in [0.05, 0.1) is 22.6 Å². The van der Waals surface area contributed by atoms with E-state index in [1.165, 1.54) is 16.2 Å². The van der Waals surface area contributed by atoms with E-state index in [-0.39, 0.29) is 0 Å². The molecule has 0 N–H and O–H groups in total. The highest BCUT2D eigenvalue weighted by Gasteiger charge is 2.15. The zero-order valence-corrected chi connectivity index (χ0v) is 26.6. The maximum Gasteiger partial charge on any atom is 0.0972 e. The number of pyridine rings is 3. The van der Waals surface area contributed by atoms with Crippen LogP contribution in [0.1, 0.15) is 0 Å². The van der Waals surface area contributed by atoms with Gasteiger partial charge in [-0.1, -0.05) is 109 Å². The maximum absolute atomic E-state index is 5.13. The molecule has 3 heterocycles. The second-order valence-electron chi connectivity index (χ2n) is 12.2. The van der Waals surface area contributed by atoms with Gasteiger partial charge in [-0.25, -0.2) is 4.98 Å². The smallest absolute Gasteiger partial charge is 0.0972 e. The summed E-state index contributed by atoms with van der Waals surface area (Å²) in [5, 5.41) is 5.75. The van der Waals surface area contributed by atoms with Gasteiger partial charge in [0.25, 0.3) is 0 Å². The molecule has 9 rings (SSSR count). The molecule has 49 heavy (non-hydrogen) atoms. The number of aromatic nitrogens is 3. The Labute approximate surface area is 284 Å². The van der Waals surface area contributed by atoms with Crippen LogP contribution >= 0.6 is 0 Å². The van der Waals surface area contributed by atoms with Gasteiger partial charge >= 0.3 is 0 Å². The molecule has 0 spiro atoms. The number of hydrogen-bond donors (Lipinski definition) is 0. The van der Waals surface area contributed by atoms with Gasteiger partial charge in [-0.2, -0.15) is 0 Å². The molecule has 9 aromatic rings. The number of rotatable bonds is 6. The van der Waals surface area contributed by atoms with E-state index in [2.05, 4.69) is 149 Å². The van der Waals surface area contributed by atoms with Gasteiger partial charge in [0.15, 0.2) is 0 Å². The first-order valence-corrected chi connectivity index (χ1v) is 16.4. The van der Waals surface area contributed by atoms with Crippen LogP contribution in [-0.4, -0.2) is 15.0 Å². The molecule has 0 bridgehead atoms. The van der Waals surface area contributed by atoms with E-state index in [4.69, 9.17) is 9.97 Å². The van der Waals surface area contributed by atoms with Crippen molar-refractivity contribution in [3.8, 4) is 33.8 Å². The molecular weight excluding hydrogens is 597 g/mol. The van der Waals surface area contributed by atoms with E-state index in [1.54, 1.807) is 0 Å². The van der Waals surface area contributed by atoms with Crippen molar-refractivity contribution in [3.05, 3.63) is 182 Å². The first kappa shape index (κ1) is 28.6. The molecular formula is C45H30N4. The highest BCUT2D eigenvalue weighted by Crippen LogP contribution is 2.38. The maximum atomic E-state index is 5.13. The molecule has 0 saturated heterocycles. The van der Waals surface area contributed by atoms with Crippen LogP contribution in [-0.2, 0) is 0 Å². The molecule has 0 radical (unpaired) electrons. The van der Waals surface area contributed by atoms with Crippen molar-refractivity contribution in [2.24, 2.45) is 0 Å². The van der Waals surface area contributed by atoms with Gasteiger partial charge in [0.1, 0.15) is 0 Å². The monoisotopic (exact) mass is 626 g/mol. The molecule has 4 nitrogen and oxygen atoms in total. The second kappa shape index (κ2) is 12.2. The topological polar surface area (TPSA) is 41.9 Å². The second-order valence-corrected chi connectivity index (χ2v) is 12.2. The lowest BCUT2D eigenvalue weighted by Crippen LogP contribution is -2.09. The van der Waals surface area contributed by atoms with Crippen molar-refractivity contribution in [3.63, 3.8) is 0 Å². The molecule has 0 saturated carbocycles. The zero-order chi connectivity index (χ0) is 32.6. The molecule has 230 valence electrons. The minimum atomic E-state index is 0.888. The fourth-order valence-corrected chi connectivity index (χ4v) is 6.61. The Morgan fingerprint density at radius 3 is 1.82 bits per heavy atom. The number of benzene rings is 6. The molecule has 0 aliphatic carbocycles. The molecule has 0 unspecified atom stereocenters. The summed E-state index contributed by atoms with van der Waals surface area (Å²) >= 11 is 0. The van der Waals surface area contributed by atoms with Crippen LogP contribution in [0.15, 0.2) is 182 Å². The van der Waals surface area contributed by atoms with Crippen molar-refractivity contribution in [2.75, 3.05) is 4.90 Å². The largest absolute Gasteiger partial charge is 0.310 e. The van der Waals surface area contributed by atoms with E-state index >= 15 is 0 Å². The van der Waals surface area contributed by atoms with E-state index in [0.29, 0.717) is 0 Å². The third-order valence-electron chi connectivity index (χ3n) is 9.08. The van der Waals surface area contributed by atoms with Gasteiger partial charge in [-0.3, -0.25) is 9.97 Å². The van der Waals surface area contributed by atoms with Crippen LogP contribution in [0.4, 0.5) is 17.1 Å². The van der Waals surface area contributed by atoms with E-state index < -0.39 is 0 Å². The summed E-state index contributed by atoms with van der Waals surface area (Å²) in [5.41, 5.74) is 10.1. The summed E-state index contributed by atoms with van der Waals surface area (Å²) in [6.45, 7) is 0. The van der Waals surface area contributed by atoms with Crippen molar-refractivity contribution in [1.82, 2.24) is 15.0 Å². The third-order valence-corrected chi connectivity index (χ3v) is 9.08. The summed E-state index contributed by atoms with van der Waals surface area (Å²) in [6.07, 6.45) is 3.79.